The standard InChI is InChI=1S/C65H62ClF4N11O9S/c1-5-32(27-88-63(86)80-16-7-9-46(80)60(84)90-65(6-2)40-20-47-53-38(26-81(47)59(83)39(40)28-87-61(65)85)50-44(72)13-11-34-31(4)43(69)21-45(74-53)51(34)50)58(82)77-17-18-79(30(3)24-77)57-36-19-41(66)49(35-10-12-42(68)55-48(35)37(23-71)56(73)91-55)52(70)54(36)75-62(76-57)89-29-64-14-8-15-78(64)25-33(67)22-64/h5,10,12,19-21,30,33,44,46H,6-9,11,13-18,22,24-29,72-73H2,1-4H3/b32-5+/t30-,33+,44-,46-,64-,65-/m0/s1. The van der Waals surface area contributed by atoms with Crippen molar-refractivity contribution in [2.75, 3.05) is 63.1 Å². The molecule has 7 aliphatic rings. The van der Waals surface area contributed by atoms with Gasteiger partial charge in [0.15, 0.2) is 5.82 Å². The maximum Gasteiger partial charge on any atom is 0.410 e. The van der Waals surface area contributed by atoms with Gasteiger partial charge >= 0.3 is 24.0 Å². The zero-order valence-corrected chi connectivity index (χ0v) is 51.7. The maximum atomic E-state index is 17.6. The topological polar surface area (TPSA) is 255 Å². The average molecular weight is 1280 g/mol. The number of amides is 2. The number of benzene rings is 3. The average Bonchev–Trinajstić information content (AvgIpc) is 1.64. The number of alkyl halides is 1. The Hall–Kier alpha value is -8.44. The van der Waals surface area contributed by atoms with Crippen molar-refractivity contribution in [3.8, 4) is 34.6 Å². The van der Waals surface area contributed by atoms with E-state index in [1.54, 1.807) is 31.7 Å². The smallest absolute Gasteiger partial charge is 0.410 e. The number of nitrogen functional groups attached to an aromatic ring is 1. The van der Waals surface area contributed by atoms with E-state index in [0.29, 0.717) is 54.7 Å². The minimum absolute atomic E-state index is 0.0298. The number of thiophene rings is 1. The van der Waals surface area contributed by atoms with Crippen LogP contribution in [0.15, 0.2) is 46.8 Å². The lowest BCUT2D eigenvalue weighted by Crippen LogP contribution is -2.54. The van der Waals surface area contributed by atoms with Crippen molar-refractivity contribution in [1.29, 1.82) is 5.26 Å². The second-order valence-electron chi connectivity index (χ2n) is 24.7. The van der Waals surface area contributed by atoms with Crippen LogP contribution in [0.4, 0.5) is 33.2 Å². The number of likely N-dealkylation sites (tertiary alicyclic amines) is 1. The summed E-state index contributed by atoms with van der Waals surface area (Å²) in [4.78, 5) is 92.8. The molecular weight excluding hydrogens is 1220 g/mol. The van der Waals surface area contributed by atoms with Gasteiger partial charge in [-0.2, -0.15) is 15.2 Å². The van der Waals surface area contributed by atoms with Crippen molar-refractivity contribution in [3.63, 3.8) is 0 Å². The number of aryl methyl sites for hydroxylation is 1. The summed E-state index contributed by atoms with van der Waals surface area (Å²) in [7, 11) is 0. The molecule has 4 aromatic heterocycles. The van der Waals surface area contributed by atoms with Crippen LogP contribution in [0, 0.1) is 35.7 Å². The van der Waals surface area contributed by atoms with Crippen molar-refractivity contribution in [3.05, 3.63) is 114 Å². The quantitative estimate of drug-likeness (QED) is 0.0529. The lowest BCUT2D eigenvalue weighted by molar-refractivity contribution is -0.191. The number of fused-ring (bicyclic) bond motifs is 8. The van der Waals surface area contributed by atoms with Gasteiger partial charge < -0.3 is 44.8 Å². The van der Waals surface area contributed by atoms with Crippen molar-refractivity contribution < 1.29 is 55.7 Å². The molecule has 3 aromatic carbocycles. The number of piperazine rings is 1. The molecule has 10 heterocycles. The molecular formula is C65H62ClF4N11O9S. The summed E-state index contributed by atoms with van der Waals surface area (Å²) in [6.07, 6.45) is 2.83. The molecule has 91 heavy (non-hydrogen) atoms. The van der Waals surface area contributed by atoms with Crippen LogP contribution in [0.1, 0.15) is 111 Å². The van der Waals surface area contributed by atoms with Crippen LogP contribution in [0.3, 0.4) is 0 Å². The summed E-state index contributed by atoms with van der Waals surface area (Å²) in [5.41, 5.74) is 13.8. The number of ether oxygens (including phenoxy) is 4. The molecule has 2 amide bonds. The first-order valence-corrected chi connectivity index (χ1v) is 31.7. The molecule has 472 valence electrons. The van der Waals surface area contributed by atoms with Gasteiger partial charge in [0, 0.05) is 90.1 Å². The Balaban J connectivity index is 0.690. The number of nitrogens with zero attached hydrogens (tertiary/aromatic N) is 9. The van der Waals surface area contributed by atoms with E-state index in [2.05, 4.69) is 9.88 Å². The first kappa shape index (κ1) is 60.1. The number of carbonyl (C=O) groups excluding carboxylic acids is 4. The Labute approximate surface area is 527 Å². The van der Waals surface area contributed by atoms with Gasteiger partial charge in [-0.3, -0.25) is 19.4 Å². The summed E-state index contributed by atoms with van der Waals surface area (Å²) in [5, 5.41) is 11.1. The maximum absolute atomic E-state index is 17.6. The predicted molar refractivity (Wildman–Crippen MR) is 330 cm³/mol. The van der Waals surface area contributed by atoms with Gasteiger partial charge in [-0.15, -0.1) is 11.3 Å². The minimum atomic E-state index is -2.11. The molecule has 0 radical (unpaired) electrons. The lowest BCUT2D eigenvalue weighted by Gasteiger charge is -2.41. The number of hydrogen-bond donors (Lipinski definition) is 2. The zero-order chi connectivity index (χ0) is 63.9. The van der Waals surface area contributed by atoms with Gasteiger partial charge in [0.1, 0.15) is 66.1 Å². The molecule has 0 unspecified atom stereocenters. The number of cyclic esters (lactones) is 1. The van der Waals surface area contributed by atoms with E-state index in [1.807, 2.05) is 17.9 Å². The molecule has 0 saturated carbocycles. The lowest BCUT2D eigenvalue weighted by atomic mass is 9.82. The Morgan fingerprint density at radius 2 is 1.81 bits per heavy atom. The summed E-state index contributed by atoms with van der Waals surface area (Å²) in [5.74, 6) is -4.02. The summed E-state index contributed by atoms with van der Waals surface area (Å²) < 4.78 is 88.7. The predicted octanol–water partition coefficient (Wildman–Crippen LogP) is 9.47. The van der Waals surface area contributed by atoms with Crippen molar-refractivity contribution >= 4 is 89.6 Å². The fourth-order valence-electron chi connectivity index (χ4n) is 15.2. The highest BCUT2D eigenvalue weighted by atomic mass is 35.5. The monoisotopic (exact) mass is 1280 g/mol. The van der Waals surface area contributed by atoms with E-state index < -0.39 is 89.0 Å². The molecule has 14 rings (SSSR count). The number of aromatic nitrogens is 4. The third-order valence-corrected chi connectivity index (χ3v) is 21.2. The van der Waals surface area contributed by atoms with E-state index in [-0.39, 0.29) is 148 Å². The SMILES string of the molecule is C/C=C(\COC(=O)N1CCC[C@H]1C(=O)O[C@]1(CC)C(=O)OCc2c1cc1n(c2=O)Cc2c-1nc1cc(F)c(C)c3c1c2[C@@H](N)CC3)C(=O)N1CCN(c2nc(OC[C@@]34CCCN3C[C@H](F)C4)nc3c(F)c(-c4ccc(F)c5sc(N)c(C#N)c45)c(Cl)cc23)[C@@H](C)C1. The van der Waals surface area contributed by atoms with Crippen molar-refractivity contribution in [1.82, 2.24) is 34.2 Å². The number of allylic oxidation sites excluding steroid dienone is 1. The van der Waals surface area contributed by atoms with Crippen LogP contribution >= 0.6 is 22.9 Å². The number of pyridine rings is 2. The van der Waals surface area contributed by atoms with Crippen LogP contribution in [0.25, 0.3) is 54.4 Å². The van der Waals surface area contributed by atoms with E-state index in [9.17, 15) is 33.6 Å². The first-order valence-electron chi connectivity index (χ1n) is 30.5. The van der Waals surface area contributed by atoms with Crippen LogP contribution in [0.2, 0.25) is 5.02 Å². The van der Waals surface area contributed by atoms with Gasteiger partial charge in [0.2, 0.25) is 5.60 Å². The second-order valence-corrected chi connectivity index (χ2v) is 26.2. The van der Waals surface area contributed by atoms with Crippen LogP contribution in [-0.2, 0) is 53.8 Å². The summed E-state index contributed by atoms with van der Waals surface area (Å²) in [6.45, 7) is 7.52. The van der Waals surface area contributed by atoms with E-state index in [4.69, 9.17) is 52.0 Å². The van der Waals surface area contributed by atoms with Crippen LogP contribution in [0.5, 0.6) is 6.01 Å². The van der Waals surface area contributed by atoms with Gasteiger partial charge in [0.05, 0.1) is 55.4 Å². The molecule has 6 atom stereocenters. The fraction of sp³-hybridized carbons (Fsp3) is 0.431. The number of esters is 2. The molecule has 20 nitrogen and oxygen atoms in total. The highest BCUT2D eigenvalue weighted by Gasteiger charge is 2.53. The molecule has 6 aliphatic heterocycles. The van der Waals surface area contributed by atoms with Crippen molar-refractivity contribution in [2.45, 2.75) is 128 Å². The summed E-state index contributed by atoms with van der Waals surface area (Å²) in [6, 6.07) is 6.67. The molecule has 7 aromatic rings. The number of hydrogen-bond acceptors (Lipinski definition) is 18. The van der Waals surface area contributed by atoms with E-state index >= 15 is 13.2 Å². The number of carbonyl (C=O) groups is 4. The number of halogens is 5. The molecule has 4 fully saturated rings. The summed E-state index contributed by atoms with van der Waals surface area (Å²) >= 11 is 7.87. The highest BCUT2D eigenvalue weighted by Crippen LogP contribution is 2.49. The molecule has 0 bridgehead atoms. The number of nitriles is 1. The zero-order valence-electron chi connectivity index (χ0n) is 50.2. The van der Waals surface area contributed by atoms with Gasteiger partial charge in [-0.05, 0) is 113 Å². The van der Waals surface area contributed by atoms with E-state index in [0.717, 1.165) is 45.9 Å². The molecule has 1 aliphatic carbocycles. The normalized spacial score (nSPS) is 23.5. The number of nitrogens with two attached hydrogens (primary N) is 2. The Morgan fingerprint density at radius 3 is 2.58 bits per heavy atom. The van der Waals surface area contributed by atoms with Gasteiger partial charge in [-0.25, -0.2) is 36.9 Å². The molecule has 0 spiro atoms. The number of rotatable bonds is 11. The second kappa shape index (κ2) is 22.4. The largest absolute Gasteiger partial charge is 0.461 e. The number of anilines is 2. The molecule has 4 saturated heterocycles. The Bertz CT molecular complexity index is 4500. The fourth-order valence-corrected chi connectivity index (χ4v) is 16.5. The Morgan fingerprint density at radius 1 is 1.00 bits per heavy atom. The third kappa shape index (κ3) is 9.38. The Kier molecular flexibility index (Phi) is 14.8. The molecule has 4 N–H and O–H groups in total. The van der Waals surface area contributed by atoms with Crippen LogP contribution in [-0.4, -0.2) is 134 Å². The van der Waals surface area contributed by atoms with Gasteiger partial charge in [0.25, 0.3) is 11.5 Å². The highest BCUT2D eigenvalue weighted by molar-refractivity contribution is 7.23. The van der Waals surface area contributed by atoms with Gasteiger partial charge in [-0.1, -0.05) is 30.7 Å². The third-order valence-electron chi connectivity index (χ3n) is 19.9. The first-order chi connectivity index (χ1) is 43.7. The minimum Gasteiger partial charge on any atom is -0.461 e. The van der Waals surface area contributed by atoms with Crippen LogP contribution < -0.4 is 26.7 Å². The molecule has 26 heteroatoms. The van der Waals surface area contributed by atoms with E-state index in [1.165, 1.54) is 33.7 Å². The van der Waals surface area contributed by atoms with Crippen molar-refractivity contribution in [2.24, 2.45) is 5.73 Å².